The molecule has 19 heavy (non-hydrogen) atoms. The van der Waals surface area contributed by atoms with Crippen molar-refractivity contribution in [2.24, 2.45) is 0 Å². The SMILES string of the molecule is CC(NC(=O)C(C)Oc1ccc(Cl)c(Cl)c1)C(=O)O. The second-order valence-electron chi connectivity index (χ2n) is 3.90. The second kappa shape index (κ2) is 6.63. The molecule has 1 amide bonds. The predicted molar refractivity (Wildman–Crippen MR) is 71.8 cm³/mol. The lowest BCUT2D eigenvalue weighted by Crippen LogP contribution is -2.44. The maximum Gasteiger partial charge on any atom is 0.325 e. The number of amides is 1. The Morgan fingerprint density at radius 1 is 1.26 bits per heavy atom. The van der Waals surface area contributed by atoms with E-state index in [0.717, 1.165) is 0 Å². The molecular weight excluding hydrogens is 293 g/mol. The number of carboxylic acids is 1. The van der Waals surface area contributed by atoms with Crippen molar-refractivity contribution in [2.75, 3.05) is 0 Å². The highest BCUT2D eigenvalue weighted by molar-refractivity contribution is 6.42. The number of rotatable bonds is 5. The van der Waals surface area contributed by atoms with E-state index in [1.54, 1.807) is 12.1 Å². The number of carbonyl (C=O) groups excluding carboxylic acids is 1. The van der Waals surface area contributed by atoms with Crippen LogP contribution in [0.5, 0.6) is 5.75 Å². The van der Waals surface area contributed by atoms with E-state index in [9.17, 15) is 9.59 Å². The summed E-state index contributed by atoms with van der Waals surface area (Å²) in [4.78, 5) is 22.3. The predicted octanol–water partition coefficient (Wildman–Crippen LogP) is 2.35. The second-order valence-corrected chi connectivity index (χ2v) is 4.72. The molecule has 2 N–H and O–H groups in total. The number of hydrogen-bond donors (Lipinski definition) is 2. The average Bonchev–Trinajstić information content (AvgIpc) is 2.33. The molecule has 0 radical (unpaired) electrons. The standard InChI is InChI=1S/C12H13Cl2NO4/c1-6(12(17)18)15-11(16)7(2)19-8-3-4-9(13)10(14)5-8/h3-7H,1-2H3,(H,15,16)(H,17,18). The molecule has 0 aliphatic carbocycles. The molecule has 5 nitrogen and oxygen atoms in total. The highest BCUT2D eigenvalue weighted by atomic mass is 35.5. The summed E-state index contributed by atoms with van der Waals surface area (Å²) >= 11 is 11.6. The highest BCUT2D eigenvalue weighted by Gasteiger charge is 2.20. The zero-order chi connectivity index (χ0) is 14.6. The third kappa shape index (κ3) is 4.61. The smallest absolute Gasteiger partial charge is 0.325 e. The summed E-state index contributed by atoms with van der Waals surface area (Å²) in [7, 11) is 0. The van der Waals surface area contributed by atoms with Crippen LogP contribution in [0.1, 0.15) is 13.8 Å². The number of nitrogens with one attached hydrogen (secondary N) is 1. The molecule has 2 atom stereocenters. The summed E-state index contributed by atoms with van der Waals surface area (Å²) in [6.45, 7) is 2.87. The Bertz CT molecular complexity index is 493. The van der Waals surface area contributed by atoms with Crippen molar-refractivity contribution in [1.82, 2.24) is 5.32 Å². The third-order valence-electron chi connectivity index (χ3n) is 2.30. The van der Waals surface area contributed by atoms with Crippen LogP contribution in [0.4, 0.5) is 0 Å². The first kappa shape index (κ1) is 15.6. The Balaban J connectivity index is 2.63. The number of hydrogen-bond acceptors (Lipinski definition) is 3. The number of carboxylic acid groups (broad SMARTS) is 1. The maximum atomic E-state index is 11.7. The topological polar surface area (TPSA) is 75.6 Å². The number of aliphatic carboxylic acids is 1. The summed E-state index contributed by atoms with van der Waals surface area (Å²) < 4.78 is 5.34. The van der Waals surface area contributed by atoms with Crippen molar-refractivity contribution in [2.45, 2.75) is 26.0 Å². The zero-order valence-corrected chi connectivity index (χ0v) is 11.8. The quantitative estimate of drug-likeness (QED) is 0.875. The number of benzene rings is 1. The van der Waals surface area contributed by atoms with E-state index < -0.39 is 24.0 Å². The van der Waals surface area contributed by atoms with Crippen LogP contribution in [0.25, 0.3) is 0 Å². The summed E-state index contributed by atoms with van der Waals surface area (Å²) in [6.07, 6.45) is -0.848. The van der Waals surface area contributed by atoms with E-state index in [1.807, 2.05) is 0 Å². The van der Waals surface area contributed by atoms with E-state index in [-0.39, 0.29) is 0 Å². The first-order chi connectivity index (χ1) is 8.81. The number of ether oxygens (including phenoxy) is 1. The molecule has 0 spiro atoms. The average molecular weight is 306 g/mol. The van der Waals surface area contributed by atoms with Crippen LogP contribution in [0.2, 0.25) is 10.0 Å². The van der Waals surface area contributed by atoms with Crippen molar-refractivity contribution in [3.05, 3.63) is 28.2 Å². The van der Waals surface area contributed by atoms with Gasteiger partial charge in [-0.1, -0.05) is 23.2 Å². The van der Waals surface area contributed by atoms with Crippen molar-refractivity contribution >= 4 is 35.1 Å². The van der Waals surface area contributed by atoms with E-state index >= 15 is 0 Å². The van der Waals surface area contributed by atoms with Crippen molar-refractivity contribution in [3.8, 4) is 5.75 Å². The fraction of sp³-hybridized carbons (Fsp3) is 0.333. The van der Waals surface area contributed by atoms with Gasteiger partial charge in [-0.3, -0.25) is 9.59 Å². The van der Waals surface area contributed by atoms with Crippen LogP contribution in [0, 0.1) is 0 Å². The molecule has 1 rings (SSSR count). The van der Waals surface area contributed by atoms with Crippen LogP contribution < -0.4 is 10.1 Å². The van der Waals surface area contributed by atoms with Gasteiger partial charge in [0, 0.05) is 6.07 Å². The zero-order valence-electron chi connectivity index (χ0n) is 10.3. The minimum absolute atomic E-state index is 0.311. The molecule has 104 valence electrons. The van der Waals surface area contributed by atoms with Crippen molar-refractivity contribution in [1.29, 1.82) is 0 Å². The monoisotopic (exact) mass is 305 g/mol. The van der Waals surface area contributed by atoms with Gasteiger partial charge >= 0.3 is 5.97 Å². The molecule has 0 heterocycles. The lowest BCUT2D eigenvalue weighted by atomic mass is 10.3. The molecule has 0 aliphatic rings. The van der Waals surface area contributed by atoms with Gasteiger partial charge in [-0.05, 0) is 26.0 Å². The fourth-order valence-electron chi connectivity index (χ4n) is 1.20. The minimum Gasteiger partial charge on any atom is -0.481 e. The summed E-state index contributed by atoms with van der Waals surface area (Å²) in [5.41, 5.74) is 0. The van der Waals surface area contributed by atoms with Gasteiger partial charge in [-0.15, -0.1) is 0 Å². The van der Waals surface area contributed by atoms with E-state index in [4.69, 9.17) is 33.0 Å². The van der Waals surface area contributed by atoms with Crippen LogP contribution in [0.15, 0.2) is 18.2 Å². The Morgan fingerprint density at radius 3 is 2.42 bits per heavy atom. The molecule has 0 bridgehead atoms. The van der Waals surface area contributed by atoms with Crippen LogP contribution in [-0.2, 0) is 9.59 Å². The van der Waals surface area contributed by atoms with Crippen LogP contribution >= 0.6 is 23.2 Å². The van der Waals surface area contributed by atoms with Crippen molar-refractivity contribution < 1.29 is 19.4 Å². The Hall–Kier alpha value is -1.46. The summed E-state index contributed by atoms with van der Waals surface area (Å²) in [6, 6.07) is 3.61. The molecule has 0 aliphatic heterocycles. The van der Waals surface area contributed by atoms with Gasteiger partial charge in [0.1, 0.15) is 11.8 Å². The van der Waals surface area contributed by atoms with Crippen LogP contribution in [-0.4, -0.2) is 29.1 Å². The number of halogens is 2. The van der Waals surface area contributed by atoms with Gasteiger partial charge in [-0.25, -0.2) is 0 Å². The molecule has 1 aromatic rings. The van der Waals surface area contributed by atoms with E-state index in [2.05, 4.69) is 5.32 Å². The Kier molecular flexibility index (Phi) is 5.44. The number of carbonyl (C=O) groups is 2. The Morgan fingerprint density at radius 2 is 1.89 bits per heavy atom. The lowest BCUT2D eigenvalue weighted by molar-refractivity contribution is -0.142. The maximum absolute atomic E-state index is 11.7. The normalized spacial score (nSPS) is 13.5. The summed E-state index contributed by atoms with van der Waals surface area (Å²) in [5, 5.41) is 11.7. The first-order valence-corrected chi connectivity index (χ1v) is 6.21. The van der Waals surface area contributed by atoms with Gasteiger partial charge in [0.15, 0.2) is 6.10 Å². The first-order valence-electron chi connectivity index (χ1n) is 5.46. The fourth-order valence-corrected chi connectivity index (χ4v) is 1.49. The highest BCUT2D eigenvalue weighted by Crippen LogP contribution is 2.26. The van der Waals surface area contributed by atoms with Gasteiger partial charge in [-0.2, -0.15) is 0 Å². The molecule has 0 fully saturated rings. The van der Waals surface area contributed by atoms with Crippen LogP contribution in [0.3, 0.4) is 0 Å². The molecule has 2 unspecified atom stereocenters. The third-order valence-corrected chi connectivity index (χ3v) is 3.04. The molecular formula is C12H13Cl2NO4. The van der Waals surface area contributed by atoms with Gasteiger partial charge < -0.3 is 15.2 Å². The molecule has 0 aromatic heterocycles. The van der Waals surface area contributed by atoms with Crippen molar-refractivity contribution in [3.63, 3.8) is 0 Å². The van der Waals surface area contributed by atoms with Gasteiger partial charge in [0.05, 0.1) is 10.0 Å². The molecule has 0 saturated carbocycles. The lowest BCUT2D eigenvalue weighted by Gasteiger charge is -2.16. The molecule has 1 aromatic carbocycles. The minimum atomic E-state index is -1.12. The molecule has 0 saturated heterocycles. The van der Waals surface area contributed by atoms with Gasteiger partial charge in [0.25, 0.3) is 5.91 Å². The van der Waals surface area contributed by atoms with E-state index in [1.165, 1.54) is 19.9 Å². The Labute approximate surface area is 120 Å². The largest absolute Gasteiger partial charge is 0.481 e. The molecule has 7 heteroatoms. The van der Waals surface area contributed by atoms with E-state index in [0.29, 0.717) is 15.8 Å². The van der Waals surface area contributed by atoms with Gasteiger partial charge in [0.2, 0.25) is 0 Å². The summed E-state index contributed by atoms with van der Waals surface area (Å²) in [5.74, 6) is -1.27.